The van der Waals surface area contributed by atoms with Crippen molar-refractivity contribution >= 4 is 35.0 Å². The van der Waals surface area contributed by atoms with Crippen LogP contribution < -0.4 is 0 Å². The standard InChI is InChI=1S/C12H11NOS2/c1-15-12-9-5-3-2-4-8(9)11(16-12)10(14)6-7-13/h3,5H,2,4,6H2,1H3. The van der Waals surface area contributed by atoms with Crippen LogP contribution in [0.3, 0.4) is 0 Å². The zero-order chi connectivity index (χ0) is 11.5. The Balaban J connectivity index is 2.47. The quantitative estimate of drug-likeness (QED) is 0.608. The van der Waals surface area contributed by atoms with Crippen molar-refractivity contribution in [3.63, 3.8) is 0 Å². The maximum atomic E-state index is 11.8. The molecule has 1 aromatic heterocycles. The number of fused-ring (bicyclic) bond motifs is 1. The number of thiophene rings is 1. The second kappa shape index (κ2) is 4.86. The first kappa shape index (κ1) is 11.4. The van der Waals surface area contributed by atoms with E-state index in [0.717, 1.165) is 23.3 Å². The zero-order valence-electron chi connectivity index (χ0n) is 8.95. The molecular weight excluding hydrogens is 238 g/mol. The van der Waals surface area contributed by atoms with E-state index in [0.29, 0.717) is 0 Å². The van der Waals surface area contributed by atoms with E-state index in [1.165, 1.54) is 21.1 Å². The molecule has 0 bridgehead atoms. The minimum Gasteiger partial charge on any atom is -0.292 e. The number of rotatable bonds is 3. The molecule has 0 aliphatic heterocycles. The molecule has 0 unspecified atom stereocenters. The third-order valence-electron chi connectivity index (χ3n) is 2.54. The highest BCUT2D eigenvalue weighted by Crippen LogP contribution is 2.39. The van der Waals surface area contributed by atoms with Crippen LogP contribution >= 0.6 is 23.1 Å². The van der Waals surface area contributed by atoms with Gasteiger partial charge in [0, 0.05) is 5.56 Å². The lowest BCUT2D eigenvalue weighted by Gasteiger charge is -2.07. The molecule has 2 nitrogen and oxygen atoms in total. The smallest absolute Gasteiger partial charge is 0.187 e. The third-order valence-corrected chi connectivity index (χ3v) is 4.96. The highest BCUT2D eigenvalue weighted by atomic mass is 32.2. The largest absolute Gasteiger partial charge is 0.292 e. The maximum Gasteiger partial charge on any atom is 0.187 e. The molecule has 16 heavy (non-hydrogen) atoms. The van der Waals surface area contributed by atoms with Crippen LogP contribution in [-0.2, 0) is 6.42 Å². The van der Waals surface area contributed by atoms with Gasteiger partial charge in [0.1, 0.15) is 0 Å². The molecule has 4 heteroatoms. The summed E-state index contributed by atoms with van der Waals surface area (Å²) in [5.74, 6) is -0.0284. The summed E-state index contributed by atoms with van der Waals surface area (Å²) >= 11 is 3.21. The normalized spacial score (nSPS) is 13.2. The van der Waals surface area contributed by atoms with Gasteiger partial charge in [-0.25, -0.2) is 0 Å². The summed E-state index contributed by atoms with van der Waals surface area (Å²) in [7, 11) is 0. The average Bonchev–Trinajstić information content (AvgIpc) is 2.68. The van der Waals surface area contributed by atoms with Gasteiger partial charge in [0.25, 0.3) is 0 Å². The lowest BCUT2D eigenvalue weighted by molar-refractivity contribution is 0.100. The molecule has 0 amide bonds. The topological polar surface area (TPSA) is 40.9 Å². The van der Waals surface area contributed by atoms with Gasteiger partial charge in [-0.05, 0) is 24.7 Å². The van der Waals surface area contributed by atoms with E-state index in [2.05, 4.69) is 12.2 Å². The number of ketones is 1. The minimum atomic E-state index is -0.0284. The number of carbonyl (C=O) groups is 1. The van der Waals surface area contributed by atoms with Crippen molar-refractivity contribution in [3.05, 3.63) is 22.1 Å². The molecular formula is C12H11NOS2. The summed E-state index contributed by atoms with van der Waals surface area (Å²) in [6.07, 6.45) is 8.18. The first-order chi connectivity index (χ1) is 7.77. The molecule has 0 radical (unpaired) electrons. The van der Waals surface area contributed by atoms with Crippen LogP contribution in [0.15, 0.2) is 10.3 Å². The van der Waals surface area contributed by atoms with Gasteiger partial charge in [-0.2, -0.15) is 5.26 Å². The lowest BCUT2D eigenvalue weighted by Crippen LogP contribution is -2.01. The molecule has 1 heterocycles. The molecule has 0 saturated heterocycles. The molecule has 1 aromatic rings. The Kier molecular flexibility index (Phi) is 3.47. The van der Waals surface area contributed by atoms with Gasteiger partial charge < -0.3 is 0 Å². The van der Waals surface area contributed by atoms with E-state index < -0.39 is 0 Å². The van der Waals surface area contributed by atoms with Crippen molar-refractivity contribution < 1.29 is 4.79 Å². The molecule has 0 aromatic carbocycles. The van der Waals surface area contributed by atoms with Crippen LogP contribution in [0.25, 0.3) is 6.08 Å². The van der Waals surface area contributed by atoms with Crippen molar-refractivity contribution in [3.8, 4) is 6.07 Å². The van der Waals surface area contributed by atoms with Crippen molar-refractivity contribution in [2.45, 2.75) is 23.5 Å². The third kappa shape index (κ3) is 1.93. The fourth-order valence-electron chi connectivity index (χ4n) is 1.83. The number of carbonyl (C=O) groups excluding carboxylic acids is 1. The summed E-state index contributed by atoms with van der Waals surface area (Å²) in [5.41, 5.74) is 2.35. The molecule has 1 aliphatic carbocycles. The number of hydrogen-bond acceptors (Lipinski definition) is 4. The van der Waals surface area contributed by atoms with Crippen molar-refractivity contribution in [1.82, 2.24) is 0 Å². The molecule has 82 valence electrons. The highest BCUT2D eigenvalue weighted by molar-refractivity contribution is 8.00. The van der Waals surface area contributed by atoms with Crippen LogP contribution in [0.4, 0.5) is 0 Å². The minimum absolute atomic E-state index is 0.00944. The molecule has 2 rings (SSSR count). The van der Waals surface area contributed by atoms with Gasteiger partial charge in [-0.15, -0.1) is 23.1 Å². The monoisotopic (exact) mass is 249 g/mol. The van der Waals surface area contributed by atoms with Crippen LogP contribution in [0.1, 0.15) is 33.6 Å². The maximum absolute atomic E-state index is 11.8. The summed E-state index contributed by atoms with van der Waals surface area (Å²) in [6, 6.07) is 1.93. The number of allylic oxidation sites excluding steroid dienone is 1. The summed E-state index contributed by atoms with van der Waals surface area (Å²) in [5, 5.41) is 8.58. The molecule has 0 atom stereocenters. The number of hydrogen-bond donors (Lipinski definition) is 0. The van der Waals surface area contributed by atoms with Gasteiger partial charge in [-0.1, -0.05) is 12.2 Å². The Labute approximate surface area is 103 Å². The number of thioether (sulfide) groups is 1. The fraction of sp³-hybridized carbons (Fsp3) is 0.333. The molecule has 0 fully saturated rings. The summed E-state index contributed by atoms with van der Waals surface area (Å²) < 4.78 is 1.19. The SMILES string of the molecule is CSc1sc(C(=O)CC#N)c2c1C=CCC2. The molecule has 0 N–H and O–H groups in total. The zero-order valence-corrected chi connectivity index (χ0v) is 10.6. The van der Waals surface area contributed by atoms with E-state index in [1.54, 1.807) is 11.8 Å². The predicted molar refractivity (Wildman–Crippen MR) is 68.0 cm³/mol. The Bertz CT molecular complexity index is 494. The van der Waals surface area contributed by atoms with Gasteiger partial charge in [-0.3, -0.25) is 4.79 Å². The van der Waals surface area contributed by atoms with Crippen molar-refractivity contribution in [2.75, 3.05) is 6.26 Å². The van der Waals surface area contributed by atoms with E-state index in [1.807, 2.05) is 12.3 Å². The van der Waals surface area contributed by atoms with Crippen LogP contribution in [-0.4, -0.2) is 12.0 Å². The van der Waals surface area contributed by atoms with Crippen LogP contribution in [0.2, 0.25) is 0 Å². The lowest BCUT2D eigenvalue weighted by atomic mass is 9.98. The van der Waals surface area contributed by atoms with Crippen LogP contribution in [0.5, 0.6) is 0 Å². The Morgan fingerprint density at radius 1 is 1.69 bits per heavy atom. The number of nitriles is 1. The number of nitrogens with zero attached hydrogens (tertiary/aromatic N) is 1. The van der Waals surface area contributed by atoms with E-state index in [4.69, 9.17) is 5.26 Å². The Morgan fingerprint density at radius 3 is 3.19 bits per heavy atom. The van der Waals surface area contributed by atoms with E-state index in [-0.39, 0.29) is 12.2 Å². The molecule has 1 aliphatic rings. The highest BCUT2D eigenvalue weighted by Gasteiger charge is 2.21. The Hall–Kier alpha value is -1.05. The van der Waals surface area contributed by atoms with Crippen molar-refractivity contribution in [1.29, 1.82) is 5.26 Å². The fourth-order valence-corrected chi connectivity index (χ4v) is 3.83. The Morgan fingerprint density at radius 2 is 2.50 bits per heavy atom. The van der Waals surface area contributed by atoms with Crippen molar-refractivity contribution in [2.24, 2.45) is 0 Å². The van der Waals surface area contributed by atoms with Gasteiger partial charge in [0.05, 0.1) is 21.6 Å². The number of Topliss-reactive ketones (excluding diaryl/α,β-unsaturated/α-hetero) is 1. The van der Waals surface area contributed by atoms with Gasteiger partial charge >= 0.3 is 0 Å². The molecule has 0 spiro atoms. The first-order valence-electron chi connectivity index (χ1n) is 5.04. The van der Waals surface area contributed by atoms with E-state index >= 15 is 0 Å². The second-order valence-corrected chi connectivity index (χ2v) is 5.61. The molecule has 0 saturated carbocycles. The van der Waals surface area contributed by atoms with Gasteiger partial charge in [0.15, 0.2) is 5.78 Å². The summed E-state index contributed by atoms with van der Waals surface area (Å²) in [6.45, 7) is 0. The predicted octanol–water partition coefficient (Wildman–Crippen LogP) is 3.53. The van der Waals surface area contributed by atoms with E-state index in [9.17, 15) is 4.79 Å². The summed E-state index contributed by atoms with van der Waals surface area (Å²) in [4.78, 5) is 12.6. The van der Waals surface area contributed by atoms with Gasteiger partial charge in [0.2, 0.25) is 0 Å². The second-order valence-electron chi connectivity index (χ2n) is 3.51. The average molecular weight is 249 g/mol. The van der Waals surface area contributed by atoms with Crippen LogP contribution in [0, 0.1) is 11.3 Å². The first-order valence-corrected chi connectivity index (χ1v) is 7.08.